The number of hydrogen-bond donors (Lipinski definition) is 0. The molecule has 0 aromatic rings. The minimum atomic E-state index is 0.682. The second-order valence-corrected chi connectivity index (χ2v) is 4.33. The van der Waals surface area contributed by atoms with Gasteiger partial charge in [-0.05, 0) is 45.8 Å². The minimum absolute atomic E-state index is 0.682. The van der Waals surface area contributed by atoms with Gasteiger partial charge in [-0.3, -0.25) is 0 Å². The van der Waals surface area contributed by atoms with Crippen LogP contribution in [0.5, 0.6) is 0 Å². The van der Waals surface area contributed by atoms with Crippen LogP contribution in [-0.2, 0) is 0 Å². The van der Waals surface area contributed by atoms with Gasteiger partial charge in [0.05, 0.1) is 0 Å². The number of likely N-dealkylation sites (tertiary alicyclic amines) is 1. The maximum Gasteiger partial charge on any atom is -0.00160 e. The second-order valence-electron chi connectivity index (χ2n) is 4.33. The van der Waals surface area contributed by atoms with E-state index in [1.165, 1.54) is 31.5 Å². The van der Waals surface area contributed by atoms with Crippen LogP contribution in [0.15, 0.2) is 36.5 Å². The smallest absolute Gasteiger partial charge is 0.00160 e. The highest BCUT2D eigenvalue weighted by atomic mass is 15.1. The summed E-state index contributed by atoms with van der Waals surface area (Å²) < 4.78 is 0. The Hall–Kier alpha value is -0.820. The molecule has 1 aliphatic rings. The van der Waals surface area contributed by atoms with Crippen molar-refractivity contribution in [1.29, 1.82) is 0 Å². The molecule has 0 unspecified atom stereocenters. The lowest BCUT2D eigenvalue weighted by Crippen LogP contribution is -2.30. The van der Waals surface area contributed by atoms with Gasteiger partial charge in [-0.1, -0.05) is 36.5 Å². The highest BCUT2D eigenvalue weighted by Crippen LogP contribution is 2.23. The molecule has 14 heavy (non-hydrogen) atoms. The molecule has 0 atom stereocenters. The van der Waals surface area contributed by atoms with Crippen LogP contribution in [0.25, 0.3) is 0 Å². The summed E-state index contributed by atoms with van der Waals surface area (Å²) in [6.07, 6.45) is 6.67. The third-order valence-electron chi connectivity index (χ3n) is 2.82. The molecule has 0 amide bonds. The molecule has 1 heterocycles. The first-order valence-electron chi connectivity index (χ1n) is 5.30. The molecule has 0 aromatic carbocycles. The summed E-state index contributed by atoms with van der Waals surface area (Å²) in [7, 11) is 2.18. The summed E-state index contributed by atoms with van der Waals surface area (Å²) in [6, 6.07) is 0. The topological polar surface area (TPSA) is 3.24 Å². The maximum atomic E-state index is 4.13. The fraction of sp³-hybridized carbons (Fsp3) is 0.538. The Morgan fingerprint density at radius 3 is 2.29 bits per heavy atom. The molecule has 1 rings (SSSR count). The number of rotatable bonds is 3. The Labute approximate surface area is 87.8 Å². The first kappa shape index (κ1) is 11.3. The van der Waals surface area contributed by atoms with Gasteiger partial charge in [0.2, 0.25) is 0 Å². The van der Waals surface area contributed by atoms with Gasteiger partial charge in [0.1, 0.15) is 0 Å². The fourth-order valence-electron chi connectivity index (χ4n) is 1.76. The van der Waals surface area contributed by atoms with Gasteiger partial charge in [0.15, 0.2) is 0 Å². The van der Waals surface area contributed by atoms with Crippen molar-refractivity contribution in [3.8, 4) is 0 Å². The Balaban J connectivity index is 2.42. The number of nitrogens with zero attached hydrogens (tertiary/aromatic N) is 1. The molecule has 0 spiro atoms. The average Bonchev–Trinajstić information content (AvgIpc) is 2.15. The molecule has 0 N–H and O–H groups in total. The zero-order chi connectivity index (χ0) is 10.6. The predicted octanol–water partition coefficient (Wildman–Crippen LogP) is 3.02. The van der Waals surface area contributed by atoms with Crippen LogP contribution in [-0.4, -0.2) is 25.0 Å². The molecule has 0 radical (unpaired) electrons. The highest BCUT2D eigenvalue weighted by Gasteiger charge is 2.17. The van der Waals surface area contributed by atoms with Crippen molar-refractivity contribution < 1.29 is 0 Å². The molecule has 1 heteroatoms. The molecule has 1 saturated heterocycles. The lowest BCUT2D eigenvalue weighted by molar-refractivity contribution is 0.240. The molecule has 0 aromatic heterocycles. The molecule has 78 valence electrons. The van der Waals surface area contributed by atoms with Crippen molar-refractivity contribution in [1.82, 2.24) is 4.90 Å². The van der Waals surface area contributed by atoms with Crippen LogP contribution in [0.2, 0.25) is 0 Å². The van der Waals surface area contributed by atoms with E-state index in [0.717, 1.165) is 5.57 Å². The maximum absolute atomic E-state index is 4.13. The zero-order valence-corrected chi connectivity index (χ0v) is 9.42. The van der Waals surface area contributed by atoms with E-state index in [0.29, 0.717) is 5.92 Å². The average molecular weight is 191 g/mol. The largest absolute Gasteiger partial charge is 0.306 e. The molecule has 0 saturated carbocycles. The van der Waals surface area contributed by atoms with Crippen molar-refractivity contribution in [3.63, 3.8) is 0 Å². The van der Waals surface area contributed by atoms with Gasteiger partial charge in [-0.15, -0.1) is 0 Å². The Morgan fingerprint density at radius 1 is 1.21 bits per heavy atom. The third kappa shape index (κ3) is 3.51. The van der Waals surface area contributed by atoms with Gasteiger partial charge in [-0.2, -0.15) is 0 Å². The molecule has 0 aliphatic carbocycles. The quantitative estimate of drug-likeness (QED) is 0.620. The van der Waals surface area contributed by atoms with Gasteiger partial charge in [0.25, 0.3) is 0 Å². The SMILES string of the molecule is C=C(C)/C=C\C(=C)C1CCN(C)CC1. The molecular weight excluding hydrogens is 170 g/mol. The van der Waals surface area contributed by atoms with E-state index in [9.17, 15) is 0 Å². The van der Waals surface area contributed by atoms with Crippen LogP contribution >= 0.6 is 0 Å². The Bertz CT molecular complexity index is 242. The van der Waals surface area contributed by atoms with Gasteiger partial charge < -0.3 is 4.90 Å². The number of piperidine rings is 1. The highest BCUT2D eigenvalue weighted by molar-refractivity contribution is 5.25. The van der Waals surface area contributed by atoms with Crippen molar-refractivity contribution in [3.05, 3.63) is 36.5 Å². The monoisotopic (exact) mass is 191 g/mol. The fourth-order valence-corrected chi connectivity index (χ4v) is 1.76. The van der Waals surface area contributed by atoms with Gasteiger partial charge in [-0.25, -0.2) is 0 Å². The predicted molar refractivity (Wildman–Crippen MR) is 63.3 cm³/mol. The number of hydrogen-bond acceptors (Lipinski definition) is 1. The van der Waals surface area contributed by atoms with Crippen LogP contribution in [0.3, 0.4) is 0 Å². The summed E-state index contributed by atoms with van der Waals surface area (Å²) in [6.45, 7) is 12.4. The normalized spacial score (nSPS) is 20.1. The van der Waals surface area contributed by atoms with Gasteiger partial charge >= 0.3 is 0 Å². The van der Waals surface area contributed by atoms with Crippen molar-refractivity contribution in [2.75, 3.05) is 20.1 Å². The first-order chi connectivity index (χ1) is 6.59. The Kier molecular flexibility index (Phi) is 4.15. The number of allylic oxidation sites excluding steroid dienone is 4. The van der Waals surface area contributed by atoms with Crippen LogP contribution in [0.4, 0.5) is 0 Å². The summed E-state index contributed by atoms with van der Waals surface area (Å²) in [5, 5.41) is 0. The van der Waals surface area contributed by atoms with Crippen molar-refractivity contribution >= 4 is 0 Å². The van der Waals surface area contributed by atoms with Crippen molar-refractivity contribution in [2.24, 2.45) is 5.92 Å². The zero-order valence-electron chi connectivity index (χ0n) is 9.42. The van der Waals surface area contributed by atoms with E-state index >= 15 is 0 Å². The Morgan fingerprint density at radius 2 is 1.79 bits per heavy atom. The van der Waals surface area contributed by atoms with Crippen LogP contribution < -0.4 is 0 Å². The minimum Gasteiger partial charge on any atom is -0.306 e. The van der Waals surface area contributed by atoms with E-state index in [4.69, 9.17) is 0 Å². The summed E-state index contributed by atoms with van der Waals surface area (Å²) in [5.74, 6) is 0.682. The summed E-state index contributed by atoms with van der Waals surface area (Å²) >= 11 is 0. The summed E-state index contributed by atoms with van der Waals surface area (Å²) in [5.41, 5.74) is 2.36. The van der Waals surface area contributed by atoms with Crippen LogP contribution in [0.1, 0.15) is 19.8 Å². The van der Waals surface area contributed by atoms with E-state index in [2.05, 4.69) is 37.3 Å². The third-order valence-corrected chi connectivity index (χ3v) is 2.82. The molecule has 0 bridgehead atoms. The van der Waals surface area contributed by atoms with E-state index in [1.54, 1.807) is 0 Å². The molecule has 1 nitrogen and oxygen atoms in total. The van der Waals surface area contributed by atoms with E-state index in [1.807, 2.05) is 6.92 Å². The second kappa shape index (κ2) is 5.16. The summed E-state index contributed by atoms with van der Waals surface area (Å²) in [4.78, 5) is 2.38. The van der Waals surface area contributed by atoms with Crippen molar-refractivity contribution in [2.45, 2.75) is 19.8 Å². The first-order valence-corrected chi connectivity index (χ1v) is 5.30. The van der Waals surface area contributed by atoms with E-state index < -0.39 is 0 Å². The lowest BCUT2D eigenvalue weighted by atomic mass is 9.90. The standard InChI is InChI=1S/C13H21N/c1-11(2)5-6-12(3)13-7-9-14(4)10-8-13/h5-6,13H,1,3,7-10H2,2,4H3/b6-5-. The lowest BCUT2D eigenvalue weighted by Gasteiger charge is -2.29. The van der Waals surface area contributed by atoms with Crippen LogP contribution in [0, 0.1) is 5.92 Å². The van der Waals surface area contributed by atoms with Gasteiger partial charge in [0, 0.05) is 0 Å². The molecule has 1 aliphatic heterocycles. The van der Waals surface area contributed by atoms with E-state index in [-0.39, 0.29) is 0 Å². The molecular formula is C13H21N. The molecule has 1 fully saturated rings.